The number of nitrogens with one attached hydrogen (secondary N) is 3. The van der Waals surface area contributed by atoms with Crippen molar-refractivity contribution in [3.8, 4) is 0 Å². The van der Waals surface area contributed by atoms with Crippen LogP contribution in [0.15, 0.2) is 91.1 Å². The van der Waals surface area contributed by atoms with Crippen molar-refractivity contribution in [2.75, 3.05) is 5.32 Å². The van der Waals surface area contributed by atoms with Gasteiger partial charge in [-0.05, 0) is 49.2 Å². The van der Waals surface area contributed by atoms with Gasteiger partial charge in [0.15, 0.2) is 0 Å². The quantitative estimate of drug-likeness (QED) is 0.408. The van der Waals surface area contributed by atoms with E-state index in [1.165, 1.54) is 5.56 Å². The molecule has 0 aliphatic heterocycles. The fraction of sp³-hybridized carbons (Fsp3) is 0.120. The molecule has 0 radical (unpaired) electrons. The number of aromatic nitrogens is 1. The molecule has 5 heteroatoms. The van der Waals surface area contributed by atoms with Crippen LogP contribution in [-0.2, 0) is 11.2 Å². The predicted octanol–water partition coefficient (Wildman–Crippen LogP) is 4.78. The summed E-state index contributed by atoms with van der Waals surface area (Å²) in [5.41, 5.74) is 3.81. The zero-order valence-corrected chi connectivity index (χ0v) is 16.8. The van der Waals surface area contributed by atoms with E-state index in [1.54, 1.807) is 0 Å². The molecular weight excluding hydrogens is 374 g/mol. The summed E-state index contributed by atoms with van der Waals surface area (Å²) in [4.78, 5) is 25.2. The molecule has 1 atom stereocenters. The summed E-state index contributed by atoms with van der Waals surface area (Å²) in [6.07, 6.45) is 3.38. The van der Waals surface area contributed by atoms with Gasteiger partial charge in [-0.15, -0.1) is 0 Å². The van der Waals surface area contributed by atoms with Crippen molar-refractivity contribution >= 4 is 28.9 Å². The van der Waals surface area contributed by atoms with Crippen molar-refractivity contribution in [1.82, 2.24) is 10.3 Å². The first-order valence-corrected chi connectivity index (χ1v) is 9.83. The average molecular weight is 399 g/mol. The SMILES string of the molecule is CC(Cc1ccccc1)NC(=O)c1ccccc1.O=CNc1cccc2[nH]ccc12. The second-order valence-electron chi connectivity index (χ2n) is 6.94. The number of hydrogen-bond acceptors (Lipinski definition) is 2. The maximum absolute atomic E-state index is 11.9. The molecule has 4 aromatic rings. The predicted molar refractivity (Wildman–Crippen MR) is 122 cm³/mol. The summed E-state index contributed by atoms with van der Waals surface area (Å²) < 4.78 is 0. The Hall–Kier alpha value is -3.86. The van der Waals surface area contributed by atoms with Crippen molar-refractivity contribution in [2.45, 2.75) is 19.4 Å². The highest BCUT2D eigenvalue weighted by molar-refractivity contribution is 5.95. The number of aromatic amines is 1. The highest BCUT2D eigenvalue weighted by Gasteiger charge is 2.09. The molecule has 0 saturated carbocycles. The van der Waals surface area contributed by atoms with E-state index in [0.717, 1.165) is 23.0 Å². The van der Waals surface area contributed by atoms with E-state index < -0.39 is 0 Å². The maximum Gasteiger partial charge on any atom is 0.251 e. The number of amides is 2. The lowest BCUT2D eigenvalue weighted by molar-refractivity contribution is -0.105. The molecule has 1 unspecified atom stereocenters. The minimum absolute atomic E-state index is 0.0148. The number of hydrogen-bond donors (Lipinski definition) is 3. The van der Waals surface area contributed by atoms with Gasteiger partial charge in [-0.2, -0.15) is 0 Å². The second-order valence-corrected chi connectivity index (χ2v) is 6.94. The van der Waals surface area contributed by atoms with Gasteiger partial charge in [0.05, 0.1) is 0 Å². The van der Waals surface area contributed by atoms with Crippen LogP contribution in [0.25, 0.3) is 10.9 Å². The Bertz CT molecular complexity index is 1080. The second kappa shape index (κ2) is 10.6. The van der Waals surface area contributed by atoms with Gasteiger partial charge >= 0.3 is 0 Å². The van der Waals surface area contributed by atoms with E-state index in [9.17, 15) is 9.59 Å². The first kappa shape index (κ1) is 20.9. The third-order valence-corrected chi connectivity index (χ3v) is 4.61. The fourth-order valence-electron chi connectivity index (χ4n) is 3.19. The highest BCUT2D eigenvalue weighted by atomic mass is 16.1. The van der Waals surface area contributed by atoms with Gasteiger partial charge in [-0.3, -0.25) is 9.59 Å². The van der Waals surface area contributed by atoms with Crippen molar-refractivity contribution in [1.29, 1.82) is 0 Å². The molecule has 0 fully saturated rings. The Morgan fingerprint density at radius 1 is 0.933 bits per heavy atom. The van der Waals surface area contributed by atoms with Crippen LogP contribution in [0.4, 0.5) is 5.69 Å². The third kappa shape index (κ3) is 5.82. The molecule has 5 nitrogen and oxygen atoms in total. The first-order valence-electron chi connectivity index (χ1n) is 9.83. The first-order chi connectivity index (χ1) is 14.7. The van der Waals surface area contributed by atoms with Crippen molar-refractivity contribution in [2.24, 2.45) is 0 Å². The summed E-state index contributed by atoms with van der Waals surface area (Å²) in [7, 11) is 0. The van der Waals surface area contributed by atoms with Crippen LogP contribution in [0.2, 0.25) is 0 Å². The van der Waals surface area contributed by atoms with E-state index in [2.05, 4.69) is 27.8 Å². The molecule has 0 spiro atoms. The van der Waals surface area contributed by atoms with E-state index in [1.807, 2.05) is 85.9 Å². The maximum atomic E-state index is 11.9. The van der Waals surface area contributed by atoms with Crippen LogP contribution in [0.5, 0.6) is 0 Å². The van der Waals surface area contributed by atoms with E-state index in [4.69, 9.17) is 0 Å². The Labute approximate surface area is 176 Å². The normalized spacial score (nSPS) is 11.1. The van der Waals surface area contributed by atoms with Crippen LogP contribution in [0.3, 0.4) is 0 Å². The van der Waals surface area contributed by atoms with Crippen molar-refractivity contribution in [3.05, 3.63) is 102 Å². The number of rotatable bonds is 6. The largest absolute Gasteiger partial charge is 0.361 e. The van der Waals surface area contributed by atoms with Crippen LogP contribution in [-0.4, -0.2) is 23.3 Å². The van der Waals surface area contributed by atoms with Gasteiger partial charge in [0.2, 0.25) is 6.41 Å². The van der Waals surface area contributed by atoms with E-state index in [0.29, 0.717) is 12.0 Å². The zero-order valence-electron chi connectivity index (χ0n) is 16.8. The summed E-state index contributed by atoms with van der Waals surface area (Å²) in [6.45, 7) is 2.02. The van der Waals surface area contributed by atoms with Gasteiger partial charge in [-0.25, -0.2) is 0 Å². The Morgan fingerprint density at radius 2 is 1.63 bits per heavy atom. The minimum atomic E-state index is -0.0148. The molecule has 2 amide bonds. The number of benzene rings is 3. The number of fused-ring (bicyclic) bond motifs is 1. The average Bonchev–Trinajstić information content (AvgIpc) is 3.26. The molecule has 0 saturated heterocycles. The summed E-state index contributed by atoms with van der Waals surface area (Å²) in [5, 5.41) is 6.67. The molecule has 152 valence electrons. The zero-order chi connectivity index (χ0) is 21.2. The Kier molecular flexibility index (Phi) is 7.39. The molecule has 0 aliphatic carbocycles. The molecule has 30 heavy (non-hydrogen) atoms. The van der Waals surface area contributed by atoms with Crippen molar-refractivity contribution in [3.63, 3.8) is 0 Å². The lowest BCUT2D eigenvalue weighted by Crippen LogP contribution is -2.34. The molecule has 1 heterocycles. The number of carbonyl (C=O) groups is 2. The lowest BCUT2D eigenvalue weighted by atomic mass is 10.1. The summed E-state index contributed by atoms with van der Waals surface area (Å²) in [5.74, 6) is -0.0148. The van der Waals surface area contributed by atoms with Gasteiger partial charge in [-0.1, -0.05) is 54.6 Å². The van der Waals surface area contributed by atoms with Crippen LogP contribution < -0.4 is 10.6 Å². The molecule has 3 N–H and O–H groups in total. The molecule has 4 rings (SSSR count). The Morgan fingerprint density at radius 3 is 2.33 bits per heavy atom. The molecule has 3 aromatic carbocycles. The summed E-state index contributed by atoms with van der Waals surface area (Å²) in [6, 6.07) is 27.3. The van der Waals surface area contributed by atoms with Gasteiger partial charge in [0.25, 0.3) is 5.91 Å². The lowest BCUT2D eigenvalue weighted by Gasteiger charge is -2.14. The Balaban J connectivity index is 0.000000184. The van der Waals surface area contributed by atoms with Crippen molar-refractivity contribution < 1.29 is 9.59 Å². The number of H-pyrrole nitrogens is 1. The topological polar surface area (TPSA) is 74.0 Å². The fourth-order valence-corrected chi connectivity index (χ4v) is 3.19. The van der Waals surface area contributed by atoms with E-state index in [-0.39, 0.29) is 11.9 Å². The molecule has 0 aliphatic rings. The number of carbonyl (C=O) groups excluding carboxylic acids is 2. The van der Waals surface area contributed by atoms with E-state index >= 15 is 0 Å². The third-order valence-electron chi connectivity index (χ3n) is 4.61. The van der Waals surface area contributed by atoms with Crippen LogP contribution in [0, 0.1) is 0 Å². The van der Waals surface area contributed by atoms with Gasteiger partial charge in [0, 0.05) is 34.4 Å². The van der Waals surface area contributed by atoms with Crippen LogP contribution in [0.1, 0.15) is 22.8 Å². The monoisotopic (exact) mass is 399 g/mol. The summed E-state index contributed by atoms with van der Waals surface area (Å²) >= 11 is 0. The molecule has 0 bridgehead atoms. The smallest absolute Gasteiger partial charge is 0.251 e. The minimum Gasteiger partial charge on any atom is -0.361 e. The van der Waals surface area contributed by atoms with Crippen LogP contribution >= 0.6 is 0 Å². The standard InChI is InChI=1S/C16H17NO.C9H8N2O/c1-13(12-14-8-4-2-5-9-14)17-16(18)15-10-6-3-7-11-15;12-6-11-9-3-1-2-8-7(9)4-5-10-8/h2-11,13H,12H2,1H3,(H,17,18);1-6,10H,(H,11,12). The molecule has 1 aromatic heterocycles. The van der Waals surface area contributed by atoms with Gasteiger partial charge < -0.3 is 15.6 Å². The van der Waals surface area contributed by atoms with Gasteiger partial charge in [0.1, 0.15) is 0 Å². The highest BCUT2D eigenvalue weighted by Crippen LogP contribution is 2.21. The molecular formula is C25H25N3O2. The number of anilines is 1.